The molecule has 1 atom stereocenters. The standard InChI is InChI=1S/C13H16O3/c1-2-3-9-12(13(14)15)16-10-11-7-5-4-6-8-11/h2,4-8,12H,1,3,9-10H2,(H,14,15)/t12-/m0/s1. The number of carboxylic acid groups (broad SMARTS) is 1. The number of carbonyl (C=O) groups is 1. The minimum absolute atomic E-state index is 0.328. The van der Waals surface area contributed by atoms with Crippen LogP contribution in [-0.2, 0) is 16.1 Å². The maximum absolute atomic E-state index is 10.9. The zero-order chi connectivity index (χ0) is 11.8. The summed E-state index contributed by atoms with van der Waals surface area (Å²) >= 11 is 0. The van der Waals surface area contributed by atoms with Gasteiger partial charge in [0.15, 0.2) is 6.10 Å². The summed E-state index contributed by atoms with van der Waals surface area (Å²) in [4.78, 5) is 10.9. The number of hydrogen-bond donors (Lipinski definition) is 1. The smallest absolute Gasteiger partial charge is 0.332 e. The lowest BCUT2D eigenvalue weighted by molar-refractivity contribution is -0.151. The van der Waals surface area contributed by atoms with Gasteiger partial charge in [-0.3, -0.25) is 0 Å². The van der Waals surface area contributed by atoms with Crippen LogP contribution in [0.4, 0.5) is 0 Å². The van der Waals surface area contributed by atoms with Crippen molar-refractivity contribution >= 4 is 5.97 Å². The van der Waals surface area contributed by atoms with E-state index in [2.05, 4.69) is 6.58 Å². The van der Waals surface area contributed by atoms with Crippen molar-refractivity contribution in [3.8, 4) is 0 Å². The molecule has 1 N–H and O–H groups in total. The second-order valence-electron chi connectivity index (χ2n) is 3.49. The number of ether oxygens (including phenoxy) is 1. The van der Waals surface area contributed by atoms with Gasteiger partial charge < -0.3 is 9.84 Å². The number of benzene rings is 1. The van der Waals surface area contributed by atoms with E-state index in [-0.39, 0.29) is 0 Å². The average molecular weight is 220 g/mol. The van der Waals surface area contributed by atoms with Crippen molar-refractivity contribution < 1.29 is 14.6 Å². The van der Waals surface area contributed by atoms with Gasteiger partial charge in [-0.2, -0.15) is 0 Å². The first-order valence-electron chi connectivity index (χ1n) is 5.23. The van der Waals surface area contributed by atoms with Gasteiger partial charge in [-0.05, 0) is 18.4 Å². The average Bonchev–Trinajstić information content (AvgIpc) is 2.30. The predicted molar refractivity (Wildman–Crippen MR) is 62.1 cm³/mol. The Morgan fingerprint density at radius 3 is 2.69 bits per heavy atom. The zero-order valence-corrected chi connectivity index (χ0v) is 9.13. The third-order valence-electron chi connectivity index (χ3n) is 2.20. The second-order valence-corrected chi connectivity index (χ2v) is 3.49. The lowest BCUT2D eigenvalue weighted by Crippen LogP contribution is -2.23. The molecule has 0 amide bonds. The molecule has 0 saturated carbocycles. The molecular formula is C13H16O3. The fraction of sp³-hybridized carbons (Fsp3) is 0.308. The van der Waals surface area contributed by atoms with Gasteiger partial charge in [0, 0.05) is 0 Å². The number of aliphatic carboxylic acids is 1. The molecule has 0 spiro atoms. The van der Waals surface area contributed by atoms with E-state index in [9.17, 15) is 4.79 Å². The molecule has 3 heteroatoms. The van der Waals surface area contributed by atoms with Gasteiger partial charge >= 0.3 is 5.97 Å². The van der Waals surface area contributed by atoms with Crippen LogP contribution >= 0.6 is 0 Å². The molecule has 16 heavy (non-hydrogen) atoms. The monoisotopic (exact) mass is 220 g/mol. The summed E-state index contributed by atoms with van der Waals surface area (Å²) in [6.07, 6.45) is 2.05. The minimum Gasteiger partial charge on any atom is -0.479 e. The van der Waals surface area contributed by atoms with Crippen molar-refractivity contribution in [2.45, 2.75) is 25.6 Å². The Kier molecular flexibility index (Phi) is 5.29. The van der Waals surface area contributed by atoms with Crippen LogP contribution in [0.2, 0.25) is 0 Å². The van der Waals surface area contributed by atoms with Crippen molar-refractivity contribution in [1.29, 1.82) is 0 Å². The first-order chi connectivity index (χ1) is 7.74. The van der Waals surface area contributed by atoms with E-state index in [1.54, 1.807) is 6.08 Å². The maximum atomic E-state index is 10.9. The second kappa shape index (κ2) is 6.80. The lowest BCUT2D eigenvalue weighted by Gasteiger charge is -2.12. The van der Waals surface area contributed by atoms with Crippen molar-refractivity contribution in [3.05, 3.63) is 48.6 Å². The first-order valence-corrected chi connectivity index (χ1v) is 5.23. The first kappa shape index (κ1) is 12.5. The van der Waals surface area contributed by atoms with Crippen molar-refractivity contribution in [3.63, 3.8) is 0 Å². The summed E-state index contributed by atoms with van der Waals surface area (Å²) in [5.74, 6) is -0.919. The fourth-order valence-corrected chi connectivity index (χ4v) is 1.32. The van der Waals surface area contributed by atoms with E-state index in [0.717, 1.165) is 5.56 Å². The normalized spacial score (nSPS) is 12.0. The summed E-state index contributed by atoms with van der Waals surface area (Å²) in [7, 11) is 0. The highest BCUT2D eigenvalue weighted by molar-refractivity contribution is 5.72. The summed E-state index contributed by atoms with van der Waals surface area (Å²) in [6.45, 7) is 3.89. The topological polar surface area (TPSA) is 46.5 Å². The van der Waals surface area contributed by atoms with Gasteiger partial charge in [0.1, 0.15) is 0 Å². The van der Waals surface area contributed by atoms with E-state index in [1.165, 1.54) is 0 Å². The Morgan fingerprint density at radius 2 is 2.12 bits per heavy atom. The highest BCUT2D eigenvalue weighted by Crippen LogP contribution is 2.08. The number of carboxylic acids is 1. The van der Waals surface area contributed by atoms with E-state index in [4.69, 9.17) is 9.84 Å². The molecule has 1 aromatic carbocycles. The van der Waals surface area contributed by atoms with Crippen LogP contribution in [-0.4, -0.2) is 17.2 Å². The van der Waals surface area contributed by atoms with Gasteiger partial charge in [0.2, 0.25) is 0 Å². The van der Waals surface area contributed by atoms with Crippen molar-refractivity contribution in [2.24, 2.45) is 0 Å². The molecule has 0 radical (unpaired) electrons. The maximum Gasteiger partial charge on any atom is 0.332 e. The summed E-state index contributed by atoms with van der Waals surface area (Å²) < 4.78 is 5.34. The van der Waals surface area contributed by atoms with Gasteiger partial charge in [-0.25, -0.2) is 4.79 Å². The van der Waals surface area contributed by atoms with Crippen LogP contribution in [0.15, 0.2) is 43.0 Å². The molecule has 0 aliphatic rings. The number of hydrogen-bond acceptors (Lipinski definition) is 2. The van der Waals surface area contributed by atoms with Crippen LogP contribution in [0.25, 0.3) is 0 Å². The Labute approximate surface area is 95.4 Å². The summed E-state index contributed by atoms with van der Waals surface area (Å²) in [5.41, 5.74) is 0.979. The minimum atomic E-state index is -0.919. The largest absolute Gasteiger partial charge is 0.479 e. The molecule has 0 aromatic heterocycles. The van der Waals surface area contributed by atoms with Crippen LogP contribution in [0, 0.1) is 0 Å². The van der Waals surface area contributed by atoms with Crippen molar-refractivity contribution in [1.82, 2.24) is 0 Å². The van der Waals surface area contributed by atoms with E-state index in [1.807, 2.05) is 30.3 Å². The molecule has 0 aliphatic heterocycles. The highest BCUT2D eigenvalue weighted by Gasteiger charge is 2.16. The molecule has 0 unspecified atom stereocenters. The number of allylic oxidation sites excluding steroid dienone is 1. The Balaban J connectivity index is 2.43. The third kappa shape index (κ3) is 4.28. The molecule has 1 aromatic rings. The SMILES string of the molecule is C=CCC[C@H](OCc1ccccc1)C(=O)O. The molecule has 1 rings (SSSR count). The molecule has 0 aliphatic carbocycles. The Bertz CT molecular complexity index is 332. The fourth-order valence-electron chi connectivity index (χ4n) is 1.32. The highest BCUT2D eigenvalue weighted by atomic mass is 16.5. The summed E-state index contributed by atoms with van der Waals surface area (Å²) in [6, 6.07) is 9.53. The van der Waals surface area contributed by atoms with Crippen molar-refractivity contribution in [2.75, 3.05) is 0 Å². The Morgan fingerprint density at radius 1 is 1.44 bits per heavy atom. The van der Waals surface area contributed by atoms with E-state index >= 15 is 0 Å². The van der Waals surface area contributed by atoms with Crippen LogP contribution < -0.4 is 0 Å². The van der Waals surface area contributed by atoms with E-state index < -0.39 is 12.1 Å². The quantitative estimate of drug-likeness (QED) is 0.718. The molecule has 0 saturated heterocycles. The molecule has 0 fully saturated rings. The van der Waals surface area contributed by atoms with Gasteiger partial charge in [-0.1, -0.05) is 36.4 Å². The van der Waals surface area contributed by atoms with Crippen LogP contribution in [0.1, 0.15) is 18.4 Å². The van der Waals surface area contributed by atoms with Gasteiger partial charge in [-0.15, -0.1) is 6.58 Å². The zero-order valence-electron chi connectivity index (χ0n) is 9.13. The Hall–Kier alpha value is -1.61. The lowest BCUT2D eigenvalue weighted by atomic mass is 10.2. The summed E-state index contributed by atoms with van der Waals surface area (Å²) in [5, 5.41) is 8.92. The molecule has 0 bridgehead atoms. The molecule has 0 heterocycles. The molecule has 3 nitrogen and oxygen atoms in total. The molecule has 86 valence electrons. The predicted octanol–water partition coefficient (Wildman–Crippen LogP) is 2.62. The van der Waals surface area contributed by atoms with Gasteiger partial charge in [0.25, 0.3) is 0 Å². The van der Waals surface area contributed by atoms with Gasteiger partial charge in [0.05, 0.1) is 6.61 Å². The van der Waals surface area contributed by atoms with E-state index in [0.29, 0.717) is 19.4 Å². The van der Waals surface area contributed by atoms with Crippen LogP contribution in [0.3, 0.4) is 0 Å². The molecular weight excluding hydrogens is 204 g/mol. The third-order valence-corrected chi connectivity index (χ3v) is 2.20. The van der Waals surface area contributed by atoms with Crippen LogP contribution in [0.5, 0.6) is 0 Å². The number of rotatable bonds is 7.